The third kappa shape index (κ3) is 4.52. The Kier molecular flexibility index (Phi) is 5.55. The minimum Gasteiger partial charge on any atom is -0.492 e. The van der Waals surface area contributed by atoms with Crippen LogP contribution in [0.5, 0.6) is 5.75 Å². The Balaban J connectivity index is 1.76. The molecule has 0 amide bonds. The Morgan fingerprint density at radius 2 is 1.79 bits per heavy atom. The molecular weight excluding hydrogens is 379 g/mol. The number of rotatable bonds is 4. The molecule has 0 saturated carbocycles. The summed E-state index contributed by atoms with van der Waals surface area (Å²) in [7, 11) is 0. The van der Waals surface area contributed by atoms with Crippen LogP contribution in [0.3, 0.4) is 0 Å². The normalized spacial score (nSPS) is 20.7. The van der Waals surface area contributed by atoms with Gasteiger partial charge < -0.3 is 10.1 Å². The lowest BCUT2D eigenvalue weighted by atomic mass is 9.82. The van der Waals surface area contributed by atoms with Gasteiger partial charge in [0.2, 0.25) is 0 Å². The molecule has 0 radical (unpaired) electrons. The maximum atomic E-state index is 13.3. The molecule has 1 fully saturated rings. The van der Waals surface area contributed by atoms with E-state index in [2.05, 4.69) is 5.32 Å². The van der Waals surface area contributed by atoms with Crippen molar-refractivity contribution in [2.24, 2.45) is 0 Å². The topological polar surface area (TPSA) is 68.8 Å². The van der Waals surface area contributed by atoms with Gasteiger partial charge in [-0.05, 0) is 62.2 Å². The van der Waals surface area contributed by atoms with E-state index in [9.17, 15) is 13.2 Å². The molecule has 29 heavy (non-hydrogen) atoms. The van der Waals surface area contributed by atoms with Gasteiger partial charge in [0.1, 0.15) is 12.4 Å². The Morgan fingerprint density at radius 1 is 1.10 bits per heavy atom. The summed E-state index contributed by atoms with van der Waals surface area (Å²) < 4.78 is 45.8. The van der Waals surface area contributed by atoms with Crippen molar-refractivity contribution in [1.82, 2.24) is 5.32 Å². The van der Waals surface area contributed by atoms with Gasteiger partial charge in [-0.2, -0.15) is 23.7 Å². The van der Waals surface area contributed by atoms with Gasteiger partial charge >= 0.3 is 6.18 Å². The number of ether oxygens (including phenoxy) is 1. The molecule has 4 nitrogen and oxygen atoms in total. The van der Waals surface area contributed by atoms with Crippen molar-refractivity contribution in [2.45, 2.75) is 43.9 Å². The highest BCUT2D eigenvalue weighted by atomic mass is 19.4. The Morgan fingerprint density at radius 3 is 2.38 bits per heavy atom. The molecular formula is C22H20F3N3O. The van der Waals surface area contributed by atoms with E-state index in [1.165, 1.54) is 6.07 Å². The number of hydrogen-bond donors (Lipinski definition) is 1. The molecule has 0 spiro atoms. The van der Waals surface area contributed by atoms with Gasteiger partial charge in [0, 0.05) is 17.5 Å². The fourth-order valence-electron chi connectivity index (χ4n) is 3.86. The first-order valence-corrected chi connectivity index (χ1v) is 9.16. The number of alkyl halides is 3. The summed E-state index contributed by atoms with van der Waals surface area (Å²) in [6.45, 7) is 4.25. The number of nitrogens with zero attached hydrogens (tertiary/aromatic N) is 2. The molecule has 2 atom stereocenters. The van der Waals surface area contributed by atoms with Gasteiger partial charge in [-0.3, -0.25) is 0 Å². The van der Waals surface area contributed by atoms with Gasteiger partial charge in [-0.25, -0.2) is 0 Å². The number of benzene rings is 2. The van der Waals surface area contributed by atoms with E-state index in [-0.39, 0.29) is 17.5 Å². The third-order valence-electron chi connectivity index (χ3n) is 5.27. The molecule has 1 heterocycles. The SMILES string of the molecule is CC1(C)NC(COc2ccc(C#N)cc2)C[C@H]1c1ccc(C#N)c(C(F)(F)F)c1. The third-order valence-corrected chi connectivity index (χ3v) is 5.27. The van der Waals surface area contributed by atoms with Crippen LogP contribution >= 0.6 is 0 Å². The molecule has 7 heteroatoms. The Hall–Kier alpha value is -3.03. The zero-order chi connectivity index (χ0) is 21.2. The zero-order valence-electron chi connectivity index (χ0n) is 16.0. The summed E-state index contributed by atoms with van der Waals surface area (Å²) in [6, 6.07) is 14.3. The van der Waals surface area contributed by atoms with Crippen LogP contribution < -0.4 is 10.1 Å². The molecule has 0 bridgehead atoms. The standard InChI is InChI=1S/C22H20F3N3O/c1-21(2)19(15-5-6-16(12-27)20(9-15)22(23,24)25)10-17(28-21)13-29-18-7-3-14(11-26)4-8-18/h3-9,17,19,28H,10,13H2,1-2H3/t17?,19-/m0/s1. The van der Waals surface area contributed by atoms with Gasteiger partial charge in [0.05, 0.1) is 28.8 Å². The number of hydrogen-bond acceptors (Lipinski definition) is 4. The van der Waals surface area contributed by atoms with E-state index in [1.54, 1.807) is 36.4 Å². The molecule has 1 aliphatic rings. The quantitative estimate of drug-likeness (QED) is 0.805. The van der Waals surface area contributed by atoms with Crippen LogP contribution in [-0.4, -0.2) is 18.2 Å². The van der Waals surface area contributed by atoms with E-state index in [0.29, 0.717) is 29.9 Å². The summed E-state index contributed by atoms with van der Waals surface area (Å²) >= 11 is 0. The minimum atomic E-state index is -4.57. The monoisotopic (exact) mass is 399 g/mol. The maximum absolute atomic E-state index is 13.3. The van der Waals surface area contributed by atoms with E-state index < -0.39 is 17.3 Å². The van der Waals surface area contributed by atoms with Gasteiger partial charge in [0.15, 0.2) is 0 Å². The first-order valence-electron chi connectivity index (χ1n) is 9.16. The lowest BCUT2D eigenvalue weighted by molar-refractivity contribution is -0.137. The molecule has 1 saturated heterocycles. The van der Waals surface area contributed by atoms with Crippen LogP contribution in [0.2, 0.25) is 0 Å². The lowest BCUT2D eigenvalue weighted by Gasteiger charge is -2.28. The van der Waals surface area contributed by atoms with Crippen molar-refractivity contribution >= 4 is 0 Å². The number of nitrogens with one attached hydrogen (secondary N) is 1. The summed E-state index contributed by atoms with van der Waals surface area (Å²) in [4.78, 5) is 0. The van der Waals surface area contributed by atoms with Crippen LogP contribution in [0, 0.1) is 22.7 Å². The van der Waals surface area contributed by atoms with Crippen LogP contribution in [0.1, 0.15) is 48.4 Å². The van der Waals surface area contributed by atoms with Crippen molar-refractivity contribution in [3.8, 4) is 17.9 Å². The van der Waals surface area contributed by atoms with Gasteiger partial charge in [-0.15, -0.1) is 0 Å². The molecule has 0 aliphatic carbocycles. The molecule has 1 N–H and O–H groups in total. The van der Waals surface area contributed by atoms with E-state index in [4.69, 9.17) is 15.3 Å². The van der Waals surface area contributed by atoms with Crippen molar-refractivity contribution in [3.63, 3.8) is 0 Å². The summed E-state index contributed by atoms with van der Waals surface area (Å²) in [5, 5.41) is 21.3. The predicted octanol–water partition coefficient (Wildman–Crippen LogP) is 4.75. The first-order chi connectivity index (χ1) is 13.6. The fourth-order valence-corrected chi connectivity index (χ4v) is 3.86. The number of halogens is 3. The molecule has 3 rings (SSSR count). The second-order valence-corrected chi connectivity index (χ2v) is 7.71. The highest BCUT2D eigenvalue weighted by Crippen LogP contribution is 2.41. The molecule has 150 valence electrons. The van der Waals surface area contributed by atoms with Crippen molar-refractivity contribution in [1.29, 1.82) is 10.5 Å². The average Bonchev–Trinajstić information content (AvgIpc) is 3.00. The van der Waals surface area contributed by atoms with Gasteiger partial charge in [-0.1, -0.05) is 6.07 Å². The smallest absolute Gasteiger partial charge is 0.417 e. The minimum absolute atomic E-state index is 0.0457. The zero-order valence-corrected chi connectivity index (χ0v) is 16.0. The summed E-state index contributed by atoms with van der Waals surface area (Å²) in [5.74, 6) is 0.468. The highest BCUT2D eigenvalue weighted by molar-refractivity contribution is 5.44. The average molecular weight is 399 g/mol. The Bertz CT molecular complexity index is 969. The van der Waals surface area contributed by atoms with Crippen molar-refractivity contribution < 1.29 is 17.9 Å². The first kappa shape index (κ1) is 20.7. The number of nitriles is 2. The second kappa shape index (κ2) is 7.77. The van der Waals surface area contributed by atoms with Gasteiger partial charge in [0.25, 0.3) is 0 Å². The molecule has 1 aliphatic heterocycles. The Labute approximate surface area is 167 Å². The lowest BCUT2D eigenvalue weighted by Crippen LogP contribution is -2.42. The van der Waals surface area contributed by atoms with E-state index in [1.807, 2.05) is 19.9 Å². The highest BCUT2D eigenvalue weighted by Gasteiger charge is 2.42. The second-order valence-electron chi connectivity index (χ2n) is 7.71. The van der Waals surface area contributed by atoms with Crippen molar-refractivity contribution in [3.05, 3.63) is 64.7 Å². The van der Waals surface area contributed by atoms with Crippen LogP contribution in [0.25, 0.3) is 0 Å². The van der Waals surface area contributed by atoms with Crippen LogP contribution in [-0.2, 0) is 6.18 Å². The predicted molar refractivity (Wildman–Crippen MR) is 101 cm³/mol. The molecule has 1 unspecified atom stereocenters. The largest absolute Gasteiger partial charge is 0.492 e. The van der Waals surface area contributed by atoms with Crippen molar-refractivity contribution in [2.75, 3.05) is 6.61 Å². The molecule has 2 aromatic rings. The summed E-state index contributed by atoms with van der Waals surface area (Å²) in [5.41, 5.74) is -0.611. The maximum Gasteiger partial charge on any atom is 0.417 e. The molecule has 2 aromatic carbocycles. The van der Waals surface area contributed by atoms with E-state index in [0.717, 1.165) is 6.07 Å². The summed E-state index contributed by atoms with van der Waals surface area (Å²) in [6.07, 6.45) is -3.97. The molecule has 0 aromatic heterocycles. The van der Waals surface area contributed by atoms with Crippen LogP contribution in [0.15, 0.2) is 42.5 Å². The fraction of sp³-hybridized carbons (Fsp3) is 0.364. The van der Waals surface area contributed by atoms with E-state index >= 15 is 0 Å². The van der Waals surface area contributed by atoms with Crippen LogP contribution in [0.4, 0.5) is 13.2 Å².